The molecular formula is C15H18Cl2N2OS. The fourth-order valence-electron chi connectivity index (χ4n) is 1.66. The molecule has 1 heterocycles. The van der Waals surface area contributed by atoms with Crippen molar-refractivity contribution >= 4 is 46.6 Å². The van der Waals surface area contributed by atoms with Gasteiger partial charge in [0.2, 0.25) is 0 Å². The third-order valence-electron chi connectivity index (χ3n) is 2.71. The number of nitrogens with zero attached hydrogens (tertiary/aromatic N) is 1. The summed E-state index contributed by atoms with van der Waals surface area (Å²) >= 11 is 13.7. The van der Waals surface area contributed by atoms with Crippen molar-refractivity contribution in [1.29, 1.82) is 0 Å². The number of amides is 1. The van der Waals surface area contributed by atoms with E-state index in [1.54, 1.807) is 12.1 Å². The molecule has 1 aromatic carbocycles. The van der Waals surface area contributed by atoms with Crippen molar-refractivity contribution in [2.75, 3.05) is 5.75 Å². The van der Waals surface area contributed by atoms with E-state index in [1.807, 2.05) is 33.8 Å². The number of thioether (sulfide) groups is 1. The van der Waals surface area contributed by atoms with Crippen LogP contribution in [0, 0.1) is 6.92 Å². The summed E-state index contributed by atoms with van der Waals surface area (Å²) in [4.78, 5) is 12.4. The van der Waals surface area contributed by atoms with Gasteiger partial charge in [0.1, 0.15) is 0 Å². The van der Waals surface area contributed by atoms with Gasteiger partial charge in [-0.25, -0.2) is 5.43 Å². The maximum absolute atomic E-state index is 11.4. The van der Waals surface area contributed by atoms with Gasteiger partial charge in [-0.05, 0) is 31.5 Å². The fourth-order valence-corrected chi connectivity index (χ4v) is 3.18. The van der Waals surface area contributed by atoms with Crippen molar-refractivity contribution in [3.63, 3.8) is 0 Å². The monoisotopic (exact) mass is 344 g/mol. The second-order valence-electron chi connectivity index (χ2n) is 4.02. The largest absolute Gasteiger partial charge is 0.272 e. The zero-order valence-corrected chi connectivity index (χ0v) is 14.8. The predicted molar refractivity (Wildman–Crippen MR) is 92.6 cm³/mol. The Hall–Kier alpha value is -0.970. The summed E-state index contributed by atoms with van der Waals surface area (Å²) in [6.07, 6.45) is 1.76. The molecule has 0 aromatic heterocycles. The van der Waals surface area contributed by atoms with Gasteiger partial charge >= 0.3 is 0 Å². The van der Waals surface area contributed by atoms with Crippen LogP contribution in [0.2, 0.25) is 10.0 Å². The Labute approximate surface area is 139 Å². The molecule has 0 aliphatic carbocycles. The van der Waals surface area contributed by atoms with E-state index < -0.39 is 0 Å². The molecule has 0 unspecified atom stereocenters. The van der Waals surface area contributed by atoms with Crippen LogP contribution in [0.5, 0.6) is 0 Å². The quantitative estimate of drug-likeness (QED) is 0.628. The van der Waals surface area contributed by atoms with Gasteiger partial charge in [0.25, 0.3) is 5.91 Å². The van der Waals surface area contributed by atoms with E-state index in [9.17, 15) is 4.79 Å². The number of benzene rings is 1. The van der Waals surface area contributed by atoms with Gasteiger partial charge in [0.05, 0.1) is 16.3 Å². The summed E-state index contributed by atoms with van der Waals surface area (Å²) in [6, 6.07) is 3.67. The van der Waals surface area contributed by atoms with E-state index in [-0.39, 0.29) is 5.91 Å². The minimum absolute atomic E-state index is 0.156. The van der Waals surface area contributed by atoms with Gasteiger partial charge < -0.3 is 0 Å². The summed E-state index contributed by atoms with van der Waals surface area (Å²) in [5.74, 6) is 0.427. The zero-order chi connectivity index (χ0) is 16.0. The van der Waals surface area contributed by atoms with Crippen molar-refractivity contribution in [3.8, 4) is 0 Å². The van der Waals surface area contributed by atoms with Crippen LogP contribution in [0.3, 0.4) is 0 Å². The van der Waals surface area contributed by atoms with Crippen LogP contribution < -0.4 is 5.43 Å². The second-order valence-corrected chi connectivity index (χ2v) is 5.85. The number of nitrogens with one attached hydrogen (secondary N) is 1. The van der Waals surface area contributed by atoms with Crippen molar-refractivity contribution in [3.05, 3.63) is 39.4 Å². The molecule has 0 bridgehead atoms. The van der Waals surface area contributed by atoms with Crippen LogP contribution in [0.25, 0.3) is 0 Å². The molecule has 0 saturated carbocycles. The SMILES string of the molecule is C/C=C1/C(=O)NN=C1CSc1cc(C)c(Cl)cc1Cl.CC. The summed E-state index contributed by atoms with van der Waals surface area (Å²) in [5, 5.41) is 5.28. The first kappa shape index (κ1) is 18.1. The van der Waals surface area contributed by atoms with Crippen molar-refractivity contribution in [1.82, 2.24) is 5.43 Å². The lowest BCUT2D eigenvalue weighted by Crippen LogP contribution is -2.13. The third-order valence-corrected chi connectivity index (χ3v) is 4.61. The van der Waals surface area contributed by atoms with Crippen LogP contribution in [-0.2, 0) is 4.79 Å². The highest BCUT2D eigenvalue weighted by molar-refractivity contribution is 8.00. The molecule has 0 atom stereocenters. The maximum atomic E-state index is 11.4. The van der Waals surface area contributed by atoms with Crippen LogP contribution in [-0.4, -0.2) is 17.4 Å². The molecule has 6 heteroatoms. The number of carbonyl (C=O) groups is 1. The number of carbonyl (C=O) groups excluding carboxylic acids is 1. The van der Waals surface area contributed by atoms with Crippen molar-refractivity contribution in [2.45, 2.75) is 32.6 Å². The number of rotatable bonds is 3. The molecule has 2 rings (SSSR count). The molecular weight excluding hydrogens is 327 g/mol. The Bertz CT molecular complexity index is 598. The van der Waals surface area contributed by atoms with Gasteiger partial charge in [-0.15, -0.1) is 11.8 Å². The normalized spacial score (nSPS) is 15.4. The van der Waals surface area contributed by atoms with E-state index in [0.717, 1.165) is 16.2 Å². The molecule has 1 amide bonds. The summed E-state index contributed by atoms with van der Waals surface area (Å²) in [7, 11) is 0. The van der Waals surface area contributed by atoms with E-state index in [0.29, 0.717) is 21.4 Å². The minimum Gasteiger partial charge on any atom is -0.267 e. The van der Waals surface area contributed by atoms with E-state index in [4.69, 9.17) is 23.2 Å². The summed E-state index contributed by atoms with van der Waals surface area (Å²) in [6.45, 7) is 7.75. The van der Waals surface area contributed by atoms with Gasteiger partial charge in [-0.3, -0.25) is 4.79 Å². The number of hydrogen-bond donors (Lipinski definition) is 1. The highest BCUT2D eigenvalue weighted by atomic mass is 35.5. The van der Waals surface area contributed by atoms with Crippen LogP contribution in [0.1, 0.15) is 26.3 Å². The zero-order valence-electron chi connectivity index (χ0n) is 12.5. The maximum Gasteiger partial charge on any atom is 0.272 e. The first-order valence-electron chi connectivity index (χ1n) is 6.65. The Morgan fingerprint density at radius 1 is 1.29 bits per heavy atom. The molecule has 0 spiro atoms. The molecule has 1 aromatic rings. The first-order chi connectivity index (χ1) is 10.0. The van der Waals surface area contributed by atoms with Crippen molar-refractivity contribution in [2.24, 2.45) is 5.10 Å². The molecule has 3 nitrogen and oxygen atoms in total. The fraction of sp³-hybridized carbons (Fsp3) is 0.333. The minimum atomic E-state index is -0.156. The van der Waals surface area contributed by atoms with Crippen molar-refractivity contribution < 1.29 is 4.79 Å². The molecule has 0 radical (unpaired) electrons. The Balaban J connectivity index is 0.00000106. The number of allylic oxidation sites excluding steroid dienone is 1. The van der Waals surface area contributed by atoms with E-state index in [2.05, 4.69) is 10.5 Å². The number of hydrazone groups is 1. The Morgan fingerprint density at radius 2 is 1.95 bits per heavy atom. The Kier molecular flexibility index (Phi) is 7.29. The second kappa shape index (κ2) is 8.47. The Morgan fingerprint density at radius 3 is 2.57 bits per heavy atom. The van der Waals surface area contributed by atoms with E-state index in [1.165, 1.54) is 11.8 Å². The average molecular weight is 345 g/mol. The van der Waals surface area contributed by atoms with Crippen LogP contribution in [0.15, 0.2) is 33.8 Å². The van der Waals surface area contributed by atoms with Gasteiger partial charge in [0, 0.05) is 15.7 Å². The number of halogens is 2. The van der Waals surface area contributed by atoms with Gasteiger partial charge in [-0.1, -0.05) is 43.1 Å². The van der Waals surface area contributed by atoms with Gasteiger partial charge in [-0.2, -0.15) is 5.10 Å². The lowest BCUT2D eigenvalue weighted by molar-refractivity contribution is -0.116. The predicted octanol–water partition coefficient (Wildman–Crippen LogP) is 4.85. The molecule has 0 fully saturated rings. The first-order valence-corrected chi connectivity index (χ1v) is 8.39. The highest BCUT2D eigenvalue weighted by Gasteiger charge is 2.21. The third kappa shape index (κ3) is 4.50. The molecule has 114 valence electrons. The smallest absolute Gasteiger partial charge is 0.267 e. The molecule has 1 N–H and O–H groups in total. The number of aryl methyl sites for hydroxylation is 1. The highest BCUT2D eigenvalue weighted by Crippen LogP contribution is 2.32. The number of hydrogen-bond acceptors (Lipinski definition) is 3. The molecule has 1 aliphatic rings. The van der Waals surface area contributed by atoms with Gasteiger partial charge in [0.15, 0.2) is 0 Å². The molecule has 1 aliphatic heterocycles. The lowest BCUT2D eigenvalue weighted by atomic mass is 10.2. The average Bonchev–Trinajstić information content (AvgIpc) is 2.83. The summed E-state index contributed by atoms with van der Waals surface area (Å²) in [5.41, 5.74) is 4.79. The molecule has 21 heavy (non-hydrogen) atoms. The topological polar surface area (TPSA) is 41.5 Å². The van der Waals surface area contributed by atoms with E-state index >= 15 is 0 Å². The summed E-state index contributed by atoms with van der Waals surface area (Å²) < 4.78 is 0. The van der Waals surface area contributed by atoms with Crippen LogP contribution >= 0.6 is 35.0 Å². The lowest BCUT2D eigenvalue weighted by Gasteiger charge is -2.07. The standard InChI is InChI=1S/C13H12Cl2N2OS.C2H6/c1-3-8-11(16-17-13(8)18)6-19-12-4-7(2)9(14)5-10(12)15;1-2/h3-5H,6H2,1-2H3,(H,17,18);1-2H3/b8-3+;. The van der Waals surface area contributed by atoms with Crippen LogP contribution in [0.4, 0.5) is 0 Å². The molecule has 0 saturated heterocycles.